The number of rotatable bonds is 7. The Hall–Kier alpha value is -1.71. The summed E-state index contributed by atoms with van der Waals surface area (Å²) in [7, 11) is 1.90. The van der Waals surface area contributed by atoms with Crippen molar-refractivity contribution in [2.75, 3.05) is 12.3 Å². The Balaban J connectivity index is 1.63. The first-order chi connectivity index (χ1) is 10.7. The van der Waals surface area contributed by atoms with Gasteiger partial charge >= 0.3 is 0 Å². The molecule has 0 aromatic carbocycles. The van der Waals surface area contributed by atoms with Crippen molar-refractivity contribution in [1.29, 1.82) is 0 Å². The van der Waals surface area contributed by atoms with Gasteiger partial charge in [0.25, 0.3) is 0 Å². The molecule has 0 aliphatic heterocycles. The van der Waals surface area contributed by atoms with Crippen LogP contribution in [0, 0.1) is 0 Å². The second-order valence-corrected chi connectivity index (χ2v) is 6.76. The molecule has 9 heteroatoms. The Morgan fingerprint density at radius 1 is 1.32 bits per heavy atom. The lowest BCUT2D eigenvalue weighted by Crippen LogP contribution is -2.01. The van der Waals surface area contributed by atoms with Crippen LogP contribution in [-0.4, -0.2) is 42.1 Å². The smallest absolute Gasteiger partial charge is 0.126 e. The van der Waals surface area contributed by atoms with Crippen LogP contribution in [-0.2, 0) is 19.3 Å². The molecule has 3 aromatic heterocycles. The van der Waals surface area contributed by atoms with E-state index in [1.807, 2.05) is 35.7 Å². The molecule has 3 aromatic rings. The summed E-state index contributed by atoms with van der Waals surface area (Å²) in [6.07, 6.45) is 5.75. The number of hydrogen-bond acceptors (Lipinski definition) is 7. The van der Waals surface area contributed by atoms with Gasteiger partial charge < -0.3 is 5.73 Å². The van der Waals surface area contributed by atoms with Crippen LogP contribution in [0.4, 0.5) is 0 Å². The maximum absolute atomic E-state index is 5.48. The van der Waals surface area contributed by atoms with Crippen LogP contribution >= 0.6 is 23.1 Å². The van der Waals surface area contributed by atoms with E-state index in [2.05, 4.69) is 20.4 Å². The van der Waals surface area contributed by atoms with Crippen molar-refractivity contribution >= 4 is 23.1 Å². The largest absolute Gasteiger partial charge is 0.330 e. The van der Waals surface area contributed by atoms with E-state index in [0.29, 0.717) is 13.1 Å². The Labute approximate surface area is 136 Å². The SMILES string of the molecule is Cn1cc(-c2nc(Cn3cc(CSCCN)nn3)cs2)cn1. The summed E-state index contributed by atoms with van der Waals surface area (Å²) in [5.74, 6) is 1.78. The van der Waals surface area contributed by atoms with Crippen molar-refractivity contribution in [2.45, 2.75) is 12.3 Å². The van der Waals surface area contributed by atoms with E-state index in [1.165, 1.54) is 0 Å². The molecule has 0 unspecified atom stereocenters. The number of aromatic nitrogens is 6. The van der Waals surface area contributed by atoms with Crippen LogP contribution in [0.25, 0.3) is 10.6 Å². The van der Waals surface area contributed by atoms with E-state index in [9.17, 15) is 0 Å². The third kappa shape index (κ3) is 3.73. The zero-order chi connectivity index (χ0) is 15.4. The average Bonchev–Trinajstić information content (AvgIpc) is 3.21. The van der Waals surface area contributed by atoms with Gasteiger partial charge in [0.05, 0.1) is 24.1 Å². The molecule has 0 radical (unpaired) electrons. The lowest BCUT2D eigenvalue weighted by Gasteiger charge is -1.96. The minimum atomic E-state index is 0.630. The quantitative estimate of drug-likeness (QED) is 0.656. The molecule has 0 amide bonds. The first kappa shape index (κ1) is 15.2. The fourth-order valence-electron chi connectivity index (χ4n) is 1.95. The first-order valence-electron chi connectivity index (χ1n) is 6.85. The molecule has 0 bridgehead atoms. The topological polar surface area (TPSA) is 87.4 Å². The van der Waals surface area contributed by atoms with Gasteiger partial charge in [-0.3, -0.25) is 4.68 Å². The van der Waals surface area contributed by atoms with Crippen molar-refractivity contribution in [1.82, 2.24) is 29.8 Å². The van der Waals surface area contributed by atoms with Gasteiger partial charge in [-0.25, -0.2) is 9.67 Å². The molecule has 22 heavy (non-hydrogen) atoms. The molecule has 0 aliphatic carbocycles. The van der Waals surface area contributed by atoms with Gasteiger partial charge in [-0.1, -0.05) is 5.21 Å². The molecule has 0 aliphatic rings. The van der Waals surface area contributed by atoms with E-state index in [-0.39, 0.29) is 0 Å². The standard InChI is InChI=1S/C13H17N7S2/c1-19-5-10(4-15-19)13-16-11(9-22-13)6-20-7-12(17-18-20)8-21-3-2-14/h4-5,7,9H,2-3,6,8,14H2,1H3. The highest BCUT2D eigenvalue weighted by Gasteiger charge is 2.08. The molecule has 0 saturated carbocycles. The average molecular weight is 335 g/mol. The summed E-state index contributed by atoms with van der Waals surface area (Å²) < 4.78 is 3.60. The third-order valence-electron chi connectivity index (χ3n) is 2.93. The summed E-state index contributed by atoms with van der Waals surface area (Å²) in [6.45, 7) is 1.32. The number of nitrogens with zero attached hydrogens (tertiary/aromatic N) is 6. The van der Waals surface area contributed by atoms with E-state index < -0.39 is 0 Å². The van der Waals surface area contributed by atoms with Gasteiger partial charge in [-0.15, -0.1) is 16.4 Å². The van der Waals surface area contributed by atoms with Crippen LogP contribution in [0.5, 0.6) is 0 Å². The van der Waals surface area contributed by atoms with E-state index in [0.717, 1.165) is 33.5 Å². The minimum absolute atomic E-state index is 0.630. The van der Waals surface area contributed by atoms with Crippen LogP contribution in [0.1, 0.15) is 11.4 Å². The van der Waals surface area contributed by atoms with E-state index in [4.69, 9.17) is 5.73 Å². The van der Waals surface area contributed by atoms with Gasteiger partial charge in [0.1, 0.15) is 5.01 Å². The lowest BCUT2D eigenvalue weighted by molar-refractivity contribution is 0.641. The molecular formula is C13H17N7S2. The van der Waals surface area contributed by atoms with Gasteiger partial charge in [-0.2, -0.15) is 16.9 Å². The Kier molecular flexibility index (Phi) is 4.86. The van der Waals surface area contributed by atoms with Gasteiger partial charge in [-0.05, 0) is 0 Å². The molecule has 0 atom stereocenters. The van der Waals surface area contributed by atoms with Gasteiger partial charge in [0.15, 0.2) is 0 Å². The van der Waals surface area contributed by atoms with Crippen LogP contribution in [0.2, 0.25) is 0 Å². The Morgan fingerprint density at radius 2 is 2.23 bits per heavy atom. The zero-order valence-electron chi connectivity index (χ0n) is 12.2. The van der Waals surface area contributed by atoms with Crippen molar-refractivity contribution < 1.29 is 0 Å². The second-order valence-electron chi connectivity index (χ2n) is 4.80. The van der Waals surface area contributed by atoms with Crippen LogP contribution in [0.15, 0.2) is 24.0 Å². The third-order valence-corrected chi connectivity index (χ3v) is 4.89. The molecular weight excluding hydrogens is 318 g/mol. The van der Waals surface area contributed by atoms with Gasteiger partial charge in [0, 0.05) is 48.4 Å². The number of thioether (sulfide) groups is 1. The second kappa shape index (κ2) is 7.03. The minimum Gasteiger partial charge on any atom is -0.330 e. The maximum atomic E-state index is 5.48. The molecule has 2 N–H and O–H groups in total. The number of hydrogen-bond donors (Lipinski definition) is 1. The fourth-order valence-corrected chi connectivity index (χ4v) is 3.39. The zero-order valence-corrected chi connectivity index (χ0v) is 13.8. The molecule has 0 spiro atoms. The van der Waals surface area contributed by atoms with E-state index in [1.54, 1.807) is 27.8 Å². The first-order valence-corrected chi connectivity index (χ1v) is 8.88. The molecule has 0 fully saturated rings. The predicted octanol–water partition coefficient (Wildman–Crippen LogP) is 1.38. The van der Waals surface area contributed by atoms with Crippen molar-refractivity contribution in [3.8, 4) is 10.6 Å². The summed E-state index contributed by atoms with van der Waals surface area (Å²) >= 11 is 3.38. The summed E-state index contributed by atoms with van der Waals surface area (Å²) in [5.41, 5.74) is 8.47. The summed E-state index contributed by atoms with van der Waals surface area (Å²) in [6, 6.07) is 0. The maximum Gasteiger partial charge on any atom is 0.126 e. The number of thiazole rings is 1. The predicted molar refractivity (Wildman–Crippen MR) is 88.7 cm³/mol. The van der Waals surface area contributed by atoms with Crippen LogP contribution in [0.3, 0.4) is 0 Å². The number of aryl methyl sites for hydroxylation is 1. The van der Waals surface area contributed by atoms with Crippen molar-refractivity contribution in [2.24, 2.45) is 12.8 Å². The Morgan fingerprint density at radius 3 is 3.00 bits per heavy atom. The van der Waals surface area contributed by atoms with Crippen LogP contribution < -0.4 is 5.73 Å². The molecule has 0 saturated heterocycles. The number of nitrogens with two attached hydrogens (primary N) is 1. The van der Waals surface area contributed by atoms with Crippen molar-refractivity contribution in [3.63, 3.8) is 0 Å². The highest BCUT2D eigenvalue weighted by Crippen LogP contribution is 2.23. The monoisotopic (exact) mass is 335 g/mol. The summed E-state index contributed by atoms with van der Waals surface area (Å²) in [5, 5.41) is 15.5. The molecule has 3 rings (SSSR count). The fraction of sp³-hybridized carbons (Fsp3) is 0.385. The van der Waals surface area contributed by atoms with Crippen molar-refractivity contribution in [3.05, 3.63) is 35.4 Å². The molecule has 3 heterocycles. The highest BCUT2D eigenvalue weighted by atomic mass is 32.2. The Bertz CT molecular complexity index is 730. The van der Waals surface area contributed by atoms with Gasteiger partial charge in [0.2, 0.25) is 0 Å². The normalized spacial score (nSPS) is 11.2. The highest BCUT2D eigenvalue weighted by molar-refractivity contribution is 7.98. The summed E-state index contributed by atoms with van der Waals surface area (Å²) in [4.78, 5) is 4.63. The lowest BCUT2D eigenvalue weighted by atomic mass is 10.4. The molecule has 7 nitrogen and oxygen atoms in total. The van der Waals surface area contributed by atoms with E-state index >= 15 is 0 Å². The molecule has 116 valence electrons.